The fourth-order valence-corrected chi connectivity index (χ4v) is 2.14. The molecule has 0 aliphatic carbocycles. The maximum Gasteiger partial charge on any atom is 0.191 e. The summed E-state index contributed by atoms with van der Waals surface area (Å²) in [6.45, 7) is 9.13. The summed E-state index contributed by atoms with van der Waals surface area (Å²) in [5.41, 5.74) is 0. The van der Waals surface area contributed by atoms with Crippen LogP contribution in [0.25, 0.3) is 0 Å². The molecule has 1 aliphatic rings. The Hall–Kier alpha value is -0.0800. The number of ether oxygens (including phenoxy) is 1. The molecule has 120 valence electrons. The Morgan fingerprint density at radius 3 is 2.75 bits per heavy atom. The standard InChI is InChI=1S/C14H30N4O.HI/c1-12(2)6-5-7-16-14(15-3)17-10-13-11-18(4)8-9-19-13;/h12-13H,5-11H2,1-4H3,(H2,15,16,17);1H. The van der Waals surface area contributed by atoms with Crippen molar-refractivity contribution in [2.45, 2.75) is 32.8 Å². The molecule has 5 nitrogen and oxygen atoms in total. The Bertz CT molecular complexity index is 274. The van der Waals surface area contributed by atoms with Gasteiger partial charge in [0.15, 0.2) is 5.96 Å². The second-order valence-electron chi connectivity index (χ2n) is 5.67. The average molecular weight is 398 g/mol. The molecule has 0 aromatic carbocycles. The van der Waals surface area contributed by atoms with Gasteiger partial charge in [0, 0.05) is 33.2 Å². The Kier molecular flexibility index (Phi) is 11.5. The van der Waals surface area contributed by atoms with Crippen molar-refractivity contribution in [1.82, 2.24) is 15.5 Å². The van der Waals surface area contributed by atoms with E-state index in [0.29, 0.717) is 0 Å². The minimum Gasteiger partial charge on any atom is -0.374 e. The number of nitrogens with zero attached hydrogens (tertiary/aromatic N) is 2. The fraction of sp³-hybridized carbons (Fsp3) is 0.929. The van der Waals surface area contributed by atoms with Crippen LogP contribution >= 0.6 is 24.0 Å². The zero-order valence-electron chi connectivity index (χ0n) is 13.3. The van der Waals surface area contributed by atoms with Gasteiger partial charge in [-0.1, -0.05) is 13.8 Å². The number of rotatable bonds is 6. The van der Waals surface area contributed by atoms with E-state index in [1.54, 1.807) is 0 Å². The third-order valence-electron chi connectivity index (χ3n) is 3.31. The van der Waals surface area contributed by atoms with Crippen LogP contribution in [-0.4, -0.2) is 63.8 Å². The molecule has 0 saturated carbocycles. The molecule has 0 radical (unpaired) electrons. The molecule has 0 amide bonds. The molecular formula is C14H31IN4O. The Morgan fingerprint density at radius 2 is 2.15 bits per heavy atom. The lowest BCUT2D eigenvalue weighted by atomic mass is 10.1. The molecule has 1 atom stereocenters. The van der Waals surface area contributed by atoms with E-state index in [1.807, 2.05) is 7.05 Å². The van der Waals surface area contributed by atoms with Crippen molar-refractivity contribution in [2.24, 2.45) is 10.9 Å². The van der Waals surface area contributed by atoms with Gasteiger partial charge >= 0.3 is 0 Å². The van der Waals surface area contributed by atoms with Gasteiger partial charge in [0.05, 0.1) is 12.7 Å². The summed E-state index contributed by atoms with van der Waals surface area (Å²) in [4.78, 5) is 6.53. The van der Waals surface area contributed by atoms with Crippen LogP contribution in [0.2, 0.25) is 0 Å². The molecule has 20 heavy (non-hydrogen) atoms. The van der Waals surface area contributed by atoms with Crippen LogP contribution in [0.5, 0.6) is 0 Å². The smallest absolute Gasteiger partial charge is 0.191 e. The highest BCUT2D eigenvalue weighted by Gasteiger charge is 2.17. The second-order valence-corrected chi connectivity index (χ2v) is 5.67. The van der Waals surface area contributed by atoms with E-state index in [0.717, 1.165) is 44.7 Å². The Morgan fingerprint density at radius 1 is 1.40 bits per heavy atom. The van der Waals surface area contributed by atoms with Crippen molar-refractivity contribution in [3.05, 3.63) is 0 Å². The van der Waals surface area contributed by atoms with Gasteiger partial charge in [-0.3, -0.25) is 4.99 Å². The van der Waals surface area contributed by atoms with Crippen molar-refractivity contribution in [1.29, 1.82) is 0 Å². The van der Waals surface area contributed by atoms with Crippen LogP contribution in [0, 0.1) is 5.92 Å². The van der Waals surface area contributed by atoms with Crippen LogP contribution in [0.1, 0.15) is 26.7 Å². The highest BCUT2D eigenvalue weighted by molar-refractivity contribution is 14.0. The number of hydrogen-bond acceptors (Lipinski definition) is 3. The van der Waals surface area contributed by atoms with Crippen LogP contribution < -0.4 is 10.6 Å². The predicted molar refractivity (Wildman–Crippen MR) is 96.1 cm³/mol. The maximum atomic E-state index is 5.71. The lowest BCUT2D eigenvalue weighted by molar-refractivity contribution is -0.0161. The van der Waals surface area contributed by atoms with E-state index in [2.05, 4.69) is 41.4 Å². The summed E-state index contributed by atoms with van der Waals surface area (Å²) in [7, 11) is 3.94. The quantitative estimate of drug-likeness (QED) is 0.309. The Labute approximate surface area is 140 Å². The fourth-order valence-electron chi connectivity index (χ4n) is 2.14. The Balaban J connectivity index is 0.00000361. The molecule has 6 heteroatoms. The predicted octanol–water partition coefficient (Wildman–Crippen LogP) is 1.54. The van der Waals surface area contributed by atoms with Gasteiger partial charge in [0.2, 0.25) is 0 Å². The van der Waals surface area contributed by atoms with E-state index >= 15 is 0 Å². The number of hydrogen-bond donors (Lipinski definition) is 2. The molecule has 0 aromatic heterocycles. The van der Waals surface area contributed by atoms with E-state index < -0.39 is 0 Å². The largest absolute Gasteiger partial charge is 0.374 e. The van der Waals surface area contributed by atoms with Gasteiger partial charge in [-0.15, -0.1) is 24.0 Å². The van der Waals surface area contributed by atoms with Gasteiger partial charge < -0.3 is 20.3 Å². The molecule has 1 unspecified atom stereocenters. The van der Waals surface area contributed by atoms with Crippen molar-refractivity contribution in [3.8, 4) is 0 Å². The van der Waals surface area contributed by atoms with Gasteiger partial charge in [-0.2, -0.15) is 0 Å². The molecule has 0 spiro atoms. The molecule has 1 heterocycles. The molecule has 2 N–H and O–H groups in total. The van der Waals surface area contributed by atoms with Crippen LogP contribution in [0.3, 0.4) is 0 Å². The van der Waals surface area contributed by atoms with Gasteiger partial charge in [-0.05, 0) is 25.8 Å². The molecule has 1 fully saturated rings. The monoisotopic (exact) mass is 398 g/mol. The molecule has 1 saturated heterocycles. The molecular weight excluding hydrogens is 367 g/mol. The minimum absolute atomic E-state index is 0. The van der Waals surface area contributed by atoms with E-state index in [4.69, 9.17) is 4.74 Å². The lowest BCUT2D eigenvalue weighted by Crippen LogP contribution is -2.48. The van der Waals surface area contributed by atoms with Crippen molar-refractivity contribution < 1.29 is 4.74 Å². The summed E-state index contributed by atoms with van der Waals surface area (Å²) in [6, 6.07) is 0. The first-order valence-corrected chi connectivity index (χ1v) is 7.36. The van der Waals surface area contributed by atoms with Gasteiger partial charge in [-0.25, -0.2) is 0 Å². The van der Waals surface area contributed by atoms with Crippen LogP contribution in [0.4, 0.5) is 0 Å². The number of guanidine groups is 1. The maximum absolute atomic E-state index is 5.71. The molecule has 1 rings (SSSR count). The number of morpholine rings is 1. The second kappa shape index (κ2) is 11.6. The van der Waals surface area contributed by atoms with Crippen molar-refractivity contribution in [3.63, 3.8) is 0 Å². The van der Waals surface area contributed by atoms with Crippen LogP contribution in [0.15, 0.2) is 4.99 Å². The average Bonchev–Trinajstić information content (AvgIpc) is 2.37. The molecule has 0 bridgehead atoms. The lowest BCUT2D eigenvalue weighted by Gasteiger charge is -2.30. The van der Waals surface area contributed by atoms with Gasteiger partial charge in [0.25, 0.3) is 0 Å². The number of nitrogens with one attached hydrogen (secondary N) is 2. The summed E-state index contributed by atoms with van der Waals surface area (Å²) < 4.78 is 5.71. The zero-order chi connectivity index (χ0) is 14.1. The topological polar surface area (TPSA) is 48.9 Å². The summed E-state index contributed by atoms with van der Waals surface area (Å²) in [6.07, 6.45) is 2.69. The van der Waals surface area contributed by atoms with Crippen molar-refractivity contribution in [2.75, 3.05) is 46.9 Å². The highest BCUT2D eigenvalue weighted by Crippen LogP contribution is 2.02. The first-order valence-electron chi connectivity index (χ1n) is 7.36. The summed E-state index contributed by atoms with van der Waals surface area (Å²) >= 11 is 0. The third-order valence-corrected chi connectivity index (χ3v) is 3.31. The molecule has 1 aliphatic heterocycles. The van der Waals surface area contributed by atoms with E-state index in [1.165, 1.54) is 12.8 Å². The van der Waals surface area contributed by atoms with E-state index in [9.17, 15) is 0 Å². The van der Waals surface area contributed by atoms with Crippen molar-refractivity contribution >= 4 is 29.9 Å². The van der Waals surface area contributed by atoms with Crippen LogP contribution in [-0.2, 0) is 4.74 Å². The number of halogens is 1. The normalized spacial score (nSPS) is 20.6. The van der Waals surface area contributed by atoms with Gasteiger partial charge in [0.1, 0.15) is 0 Å². The highest BCUT2D eigenvalue weighted by atomic mass is 127. The summed E-state index contributed by atoms with van der Waals surface area (Å²) in [5.74, 6) is 1.64. The third kappa shape index (κ3) is 8.97. The SMILES string of the molecule is CN=C(NCCCC(C)C)NCC1CN(C)CCO1.I. The first-order chi connectivity index (χ1) is 9.11. The number of likely N-dealkylation sites (N-methyl/N-ethyl adjacent to an activating group) is 1. The zero-order valence-corrected chi connectivity index (χ0v) is 15.6. The first kappa shape index (κ1) is 19.9. The van der Waals surface area contributed by atoms with E-state index in [-0.39, 0.29) is 30.1 Å². The molecule has 0 aromatic rings. The number of aliphatic imine (C=N–C) groups is 1. The summed E-state index contributed by atoms with van der Waals surface area (Å²) in [5, 5.41) is 6.68. The minimum atomic E-state index is 0.